The van der Waals surface area contributed by atoms with Gasteiger partial charge in [-0.05, 0) is 25.0 Å². The molecule has 0 aromatic carbocycles. The minimum Gasteiger partial charge on any atom is -0.362 e. The second kappa shape index (κ2) is 11.6. The van der Waals surface area contributed by atoms with Crippen molar-refractivity contribution in [1.82, 2.24) is 14.7 Å². The number of halogens is 2. The lowest BCUT2D eigenvalue weighted by Crippen LogP contribution is -2.31. The predicted molar refractivity (Wildman–Crippen MR) is 103 cm³/mol. The Balaban J connectivity index is 0.00000264. The molecule has 0 aliphatic carbocycles. The summed E-state index contributed by atoms with van der Waals surface area (Å²) in [5, 5.41) is 10.9. The zero-order chi connectivity index (χ0) is 15.8. The third kappa shape index (κ3) is 8.76. The largest absolute Gasteiger partial charge is 0.362 e. The molecular weight excluding hydrogens is 393 g/mol. The van der Waals surface area contributed by atoms with Crippen LogP contribution in [0.15, 0.2) is 29.8 Å². The van der Waals surface area contributed by atoms with Gasteiger partial charge >= 0.3 is 0 Å². The van der Waals surface area contributed by atoms with E-state index in [1.807, 2.05) is 23.6 Å². The molecule has 2 aromatic rings. The molecule has 0 saturated carbocycles. The molecule has 4 N–H and O–H groups in total. The van der Waals surface area contributed by atoms with Gasteiger partial charge in [0.2, 0.25) is 0 Å². The van der Waals surface area contributed by atoms with Crippen molar-refractivity contribution in [3.05, 3.63) is 29.8 Å². The molecule has 0 spiro atoms. The first-order valence-electron chi connectivity index (χ1n) is 6.93. The average molecular weight is 414 g/mol. The molecule has 11 heteroatoms. The molecule has 136 valence electrons. The minimum absolute atomic E-state index is 0. The number of nitrogens with zero attached hydrogens (tertiary/aromatic N) is 2. The van der Waals surface area contributed by atoms with Crippen LogP contribution in [0.3, 0.4) is 0 Å². The van der Waals surface area contributed by atoms with Crippen molar-refractivity contribution in [3.8, 4) is 11.4 Å². The predicted octanol–water partition coefficient (Wildman–Crippen LogP) is 2.42. The molecule has 0 aliphatic heterocycles. The van der Waals surface area contributed by atoms with Gasteiger partial charge in [0.15, 0.2) is 5.13 Å². The van der Waals surface area contributed by atoms with Gasteiger partial charge in [-0.2, -0.15) is 8.42 Å². The summed E-state index contributed by atoms with van der Waals surface area (Å²) in [6.07, 6.45) is 4.35. The van der Waals surface area contributed by atoms with Gasteiger partial charge in [-0.3, -0.25) is 4.98 Å². The van der Waals surface area contributed by atoms with Crippen molar-refractivity contribution in [2.75, 3.05) is 18.4 Å². The number of hydrogen-bond acceptors (Lipinski definition) is 6. The van der Waals surface area contributed by atoms with Gasteiger partial charge in [0.1, 0.15) is 5.69 Å². The highest BCUT2D eigenvalue weighted by atomic mass is 35.5. The first kappa shape index (κ1) is 23.0. The van der Waals surface area contributed by atoms with Crippen molar-refractivity contribution in [2.45, 2.75) is 19.3 Å². The van der Waals surface area contributed by atoms with E-state index in [1.54, 1.807) is 17.5 Å². The highest BCUT2D eigenvalue weighted by molar-refractivity contribution is 7.87. The topological polar surface area (TPSA) is 110 Å². The van der Waals surface area contributed by atoms with Crippen molar-refractivity contribution < 1.29 is 8.42 Å². The van der Waals surface area contributed by atoms with Crippen LogP contribution >= 0.6 is 36.2 Å². The fraction of sp³-hybridized carbons (Fsp3) is 0.385. The molecule has 0 unspecified atom stereocenters. The Kier molecular flexibility index (Phi) is 11.1. The maximum Gasteiger partial charge on any atom is 0.274 e. The van der Waals surface area contributed by atoms with Crippen molar-refractivity contribution in [2.24, 2.45) is 5.14 Å². The lowest BCUT2D eigenvalue weighted by Gasteiger charge is -2.03. The van der Waals surface area contributed by atoms with Gasteiger partial charge in [-0.25, -0.2) is 14.8 Å². The molecule has 0 fully saturated rings. The number of hydrogen-bond donors (Lipinski definition) is 3. The maximum atomic E-state index is 10.7. The number of nitrogens with one attached hydrogen (secondary N) is 2. The van der Waals surface area contributed by atoms with Crippen LogP contribution in [-0.2, 0) is 10.2 Å². The lowest BCUT2D eigenvalue weighted by atomic mass is 10.2. The molecule has 2 aromatic heterocycles. The number of anilines is 1. The van der Waals surface area contributed by atoms with Crippen LogP contribution in [0.5, 0.6) is 0 Å². The second-order valence-electron chi connectivity index (χ2n) is 4.68. The molecule has 2 rings (SSSR count). The number of aromatic nitrogens is 2. The Bertz CT molecular complexity index is 683. The fourth-order valence-corrected chi connectivity index (χ4v) is 2.99. The third-order valence-electron chi connectivity index (χ3n) is 2.86. The Morgan fingerprint density at radius 1 is 1.08 bits per heavy atom. The lowest BCUT2D eigenvalue weighted by molar-refractivity contribution is 0.577. The summed E-state index contributed by atoms with van der Waals surface area (Å²) in [5.74, 6) is 0. The standard InChI is InChI=1S/C13H19N5O2S2.2ClH/c14-22(19,20)17-9-4-1-3-8-16-13-18-12(10-21-13)11-6-2-5-7-15-11;;/h2,5-7,10,17H,1,3-4,8-9H2,(H,16,18)(H2,14,19,20);2*1H. The number of thiazole rings is 1. The zero-order valence-corrected chi connectivity index (χ0v) is 16.1. The third-order valence-corrected chi connectivity index (χ3v) is 4.27. The fourth-order valence-electron chi connectivity index (χ4n) is 1.82. The second-order valence-corrected chi connectivity index (χ2v) is 6.92. The van der Waals surface area contributed by atoms with Crippen molar-refractivity contribution in [3.63, 3.8) is 0 Å². The number of rotatable bonds is 9. The number of unbranched alkanes of at least 4 members (excludes halogenated alkanes) is 2. The molecule has 7 nitrogen and oxygen atoms in total. The molecule has 0 aliphatic rings. The van der Waals surface area contributed by atoms with Crippen LogP contribution < -0.4 is 15.2 Å². The molecule has 0 saturated heterocycles. The van der Waals surface area contributed by atoms with E-state index in [4.69, 9.17) is 5.14 Å². The summed E-state index contributed by atoms with van der Waals surface area (Å²) in [5.41, 5.74) is 1.73. The number of pyridine rings is 1. The van der Waals surface area contributed by atoms with Crippen LogP contribution in [0.4, 0.5) is 5.13 Å². The Morgan fingerprint density at radius 2 is 1.83 bits per heavy atom. The monoisotopic (exact) mass is 413 g/mol. The van der Waals surface area contributed by atoms with E-state index in [-0.39, 0.29) is 24.8 Å². The molecule has 0 bridgehead atoms. The smallest absolute Gasteiger partial charge is 0.274 e. The van der Waals surface area contributed by atoms with Gasteiger partial charge in [0.05, 0.1) is 5.69 Å². The first-order chi connectivity index (χ1) is 10.5. The quantitative estimate of drug-likeness (QED) is 0.546. The van der Waals surface area contributed by atoms with E-state index in [0.29, 0.717) is 6.54 Å². The van der Waals surface area contributed by atoms with Crippen LogP contribution in [0, 0.1) is 0 Å². The normalized spacial score (nSPS) is 10.5. The van der Waals surface area contributed by atoms with E-state index >= 15 is 0 Å². The van der Waals surface area contributed by atoms with E-state index in [0.717, 1.165) is 42.3 Å². The average Bonchev–Trinajstić information content (AvgIpc) is 2.95. The van der Waals surface area contributed by atoms with Crippen molar-refractivity contribution in [1.29, 1.82) is 0 Å². The number of nitrogens with two attached hydrogens (primary N) is 1. The summed E-state index contributed by atoms with van der Waals surface area (Å²) in [6, 6.07) is 5.74. The SMILES string of the molecule is Cl.Cl.NS(=O)(=O)NCCCCCNc1nc(-c2ccccn2)cs1. The minimum atomic E-state index is -3.56. The van der Waals surface area contributed by atoms with Gasteiger partial charge in [0.25, 0.3) is 10.2 Å². The Morgan fingerprint density at radius 3 is 2.50 bits per heavy atom. The van der Waals surface area contributed by atoms with Crippen LogP contribution in [0.2, 0.25) is 0 Å². The van der Waals surface area contributed by atoms with Crippen molar-refractivity contribution >= 4 is 51.5 Å². The summed E-state index contributed by atoms with van der Waals surface area (Å²) in [6.45, 7) is 1.17. The van der Waals surface area contributed by atoms with E-state index in [1.165, 1.54) is 0 Å². The van der Waals surface area contributed by atoms with E-state index < -0.39 is 10.2 Å². The molecule has 24 heavy (non-hydrogen) atoms. The highest BCUT2D eigenvalue weighted by Gasteiger charge is 2.04. The maximum absolute atomic E-state index is 10.7. The summed E-state index contributed by atoms with van der Waals surface area (Å²) < 4.78 is 23.6. The zero-order valence-electron chi connectivity index (χ0n) is 12.8. The molecule has 0 amide bonds. The van der Waals surface area contributed by atoms with E-state index in [9.17, 15) is 8.42 Å². The van der Waals surface area contributed by atoms with Gasteiger partial charge < -0.3 is 5.32 Å². The summed E-state index contributed by atoms with van der Waals surface area (Å²) in [7, 11) is -3.56. The first-order valence-corrected chi connectivity index (χ1v) is 9.35. The van der Waals surface area contributed by atoms with Gasteiger partial charge in [-0.15, -0.1) is 36.2 Å². The van der Waals surface area contributed by atoms with E-state index in [2.05, 4.69) is 20.0 Å². The summed E-state index contributed by atoms with van der Waals surface area (Å²) in [4.78, 5) is 8.75. The highest BCUT2D eigenvalue weighted by Crippen LogP contribution is 2.22. The molecule has 2 heterocycles. The molecule has 0 radical (unpaired) electrons. The van der Waals surface area contributed by atoms with Gasteiger partial charge in [-0.1, -0.05) is 12.5 Å². The van der Waals surface area contributed by atoms with Crippen LogP contribution in [0.1, 0.15) is 19.3 Å². The molecule has 0 atom stereocenters. The van der Waals surface area contributed by atoms with Crippen LogP contribution in [-0.4, -0.2) is 31.5 Å². The Labute approximate surface area is 158 Å². The summed E-state index contributed by atoms with van der Waals surface area (Å²) >= 11 is 1.55. The van der Waals surface area contributed by atoms with Gasteiger partial charge in [0, 0.05) is 24.7 Å². The molecular formula is C13H21Cl2N5O2S2. The Hall–Kier alpha value is -0.970. The van der Waals surface area contributed by atoms with Crippen LogP contribution in [0.25, 0.3) is 11.4 Å².